The Kier molecular flexibility index (Phi) is 6.89. The minimum absolute atomic E-state index is 0.0353. The quantitative estimate of drug-likeness (QED) is 0.796. The lowest BCUT2D eigenvalue weighted by Gasteiger charge is -2.26. The van der Waals surface area contributed by atoms with Gasteiger partial charge < -0.3 is 10.2 Å². The van der Waals surface area contributed by atoms with Crippen LogP contribution in [0.25, 0.3) is 0 Å². The molecule has 1 atom stereocenters. The highest BCUT2D eigenvalue weighted by Crippen LogP contribution is 2.25. The topological polar surface area (TPSA) is 52.7 Å². The molecular formula is C22H33N3O2. The molecule has 0 radical (unpaired) electrons. The molecule has 1 aromatic carbocycles. The van der Waals surface area contributed by atoms with E-state index in [9.17, 15) is 9.59 Å². The van der Waals surface area contributed by atoms with Crippen molar-refractivity contribution in [2.45, 2.75) is 65.0 Å². The van der Waals surface area contributed by atoms with E-state index in [1.54, 1.807) is 0 Å². The Hall–Kier alpha value is -1.88. The van der Waals surface area contributed by atoms with Crippen LogP contribution >= 0.6 is 0 Å². The van der Waals surface area contributed by atoms with Gasteiger partial charge in [0.25, 0.3) is 0 Å². The molecule has 0 aliphatic carbocycles. The molecule has 2 saturated heterocycles. The molecule has 2 aliphatic heterocycles. The second-order valence-electron chi connectivity index (χ2n) is 7.94. The fraction of sp³-hybridized carbons (Fsp3) is 0.636. The lowest BCUT2D eigenvalue weighted by atomic mass is 10.1. The van der Waals surface area contributed by atoms with Crippen LogP contribution in [0.2, 0.25) is 0 Å². The third-order valence-electron chi connectivity index (χ3n) is 5.96. The van der Waals surface area contributed by atoms with Crippen molar-refractivity contribution in [2.24, 2.45) is 5.92 Å². The van der Waals surface area contributed by atoms with E-state index in [1.165, 1.54) is 24.8 Å². The zero-order valence-corrected chi connectivity index (χ0v) is 16.7. The number of hydrogen-bond donors (Lipinski definition) is 1. The fourth-order valence-electron chi connectivity index (χ4n) is 4.36. The summed E-state index contributed by atoms with van der Waals surface area (Å²) in [5, 5.41) is 3.04. The van der Waals surface area contributed by atoms with E-state index >= 15 is 0 Å². The summed E-state index contributed by atoms with van der Waals surface area (Å²) in [6.45, 7) is 8.00. The first kappa shape index (κ1) is 19.9. The van der Waals surface area contributed by atoms with E-state index in [4.69, 9.17) is 0 Å². The molecule has 2 aliphatic rings. The molecule has 5 nitrogen and oxygen atoms in total. The molecule has 2 amide bonds. The lowest BCUT2D eigenvalue weighted by molar-refractivity contribution is -0.130. The minimum Gasteiger partial charge on any atom is -0.339 e. The van der Waals surface area contributed by atoms with Gasteiger partial charge in [-0.1, -0.05) is 32.4 Å². The molecule has 0 aromatic heterocycles. The summed E-state index contributed by atoms with van der Waals surface area (Å²) in [5.74, 6) is -0.168. The van der Waals surface area contributed by atoms with Crippen molar-refractivity contribution in [3.63, 3.8) is 0 Å². The maximum atomic E-state index is 12.7. The number of anilines is 1. The fourth-order valence-corrected chi connectivity index (χ4v) is 4.36. The summed E-state index contributed by atoms with van der Waals surface area (Å²) in [6.07, 6.45) is 6.10. The van der Waals surface area contributed by atoms with Gasteiger partial charge in [-0.25, -0.2) is 0 Å². The van der Waals surface area contributed by atoms with Gasteiger partial charge in [-0.3, -0.25) is 14.5 Å². The first-order chi connectivity index (χ1) is 13.1. The number of piperidine rings is 1. The maximum Gasteiger partial charge on any atom is 0.229 e. The van der Waals surface area contributed by atoms with Crippen molar-refractivity contribution in [1.82, 2.24) is 9.80 Å². The number of rotatable bonds is 7. The van der Waals surface area contributed by atoms with Gasteiger partial charge in [-0.05, 0) is 56.5 Å². The van der Waals surface area contributed by atoms with E-state index in [0.717, 1.165) is 38.2 Å². The Bertz CT molecular complexity index is 651. The van der Waals surface area contributed by atoms with Crippen LogP contribution in [0.1, 0.15) is 57.9 Å². The molecule has 1 unspecified atom stereocenters. The smallest absolute Gasteiger partial charge is 0.229 e. The van der Waals surface area contributed by atoms with Crippen molar-refractivity contribution >= 4 is 17.5 Å². The van der Waals surface area contributed by atoms with Crippen LogP contribution < -0.4 is 5.32 Å². The Labute approximate surface area is 163 Å². The first-order valence-corrected chi connectivity index (χ1v) is 10.5. The van der Waals surface area contributed by atoms with Crippen LogP contribution in [-0.4, -0.2) is 47.3 Å². The normalized spacial score (nSPS) is 21.1. The Balaban J connectivity index is 1.58. The first-order valence-electron chi connectivity index (χ1n) is 10.5. The molecule has 148 valence electrons. The van der Waals surface area contributed by atoms with Gasteiger partial charge in [0.2, 0.25) is 11.8 Å². The second-order valence-corrected chi connectivity index (χ2v) is 7.94. The third-order valence-corrected chi connectivity index (χ3v) is 5.96. The predicted octanol–water partition coefficient (Wildman–Crippen LogP) is 3.65. The monoisotopic (exact) mass is 371 g/mol. The molecule has 5 heteroatoms. The SMILES string of the molecule is CCC(CC)N1CC(C(=O)Nc2cccc(CN3CCCCC3)c2)CC1=O. The van der Waals surface area contributed by atoms with Gasteiger partial charge in [-0.15, -0.1) is 0 Å². The summed E-state index contributed by atoms with van der Waals surface area (Å²) >= 11 is 0. The van der Waals surface area contributed by atoms with Gasteiger partial charge in [-0.2, -0.15) is 0 Å². The van der Waals surface area contributed by atoms with E-state index in [0.29, 0.717) is 13.0 Å². The van der Waals surface area contributed by atoms with Gasteiger partial charge in [0.15, 0.2) is 0 Å². The highest BCUT2D eigenvalue weighted by atomic mass is 16.2. The van der Waals surface area contributed by atoms with Crippen LogP contribution in [0, 0.1) is 5.92 Å². The van der Waals surface area contributed by atoms with E-state index in [2.05, 4.69) is 36.2 Å². The largest absolute Gasteiger partial charge is 0.339 e. The molecule has 0 spiro atoms. The van der Waals surface area contributed by atoms with E-state index in [1.807, 2.05) is 17.0 Å². The summed E-state index contributed by atoms with van der Waals surface area (Å²) in [5.41, 5.74) is 2.07. The maximum absolute atomic E-state index is 12.7. The molecule has 2 fully saturated rings. The van der Waals surface area contributed by atoms with Gasteiger partial charge >= 0.3 is 0 Å². The summed E-state index contributed by atoms with van der Waals surface area (Å²) < 4.78 is 0. The average molecular weight is 372 g/mol. The van der Waals surface area contributed by atoms with E-state index in [-0.39, 0.29) is 23.8 Å². The second kappa shape index (κ2) is 9.36. The lowest BCUT2D eigenvalue weighted by Crippen LogP contribution is -2.36. The highest BCUT2D eigenvalue weighted by molar-refractivity contribution is 5.97. The third kappa shape index (κ3) is 5.10. The number of hydrogen-bond acceptors (Lipinski definition) is 3. The summed E-state index contributed by atoms with van der Waals surface area (Å²) in [7, 11) is 0. The molecule has 27 heavy (non-hydrogen) atoms. The van der Waals surface area contributed by atoms with Crippen molar-refractivity contribution in [3.05, 3.63) is 29.8 Å². The van der Waals surface area contributed by atoms with Crippen LogP contribution in [-0.2, 0) is 16.1 Å². The minimum atomic E-state index is -0.246. The van der Waals surface area contributed by atoms with Crippen LogP contribution in [0.15, 0.2) is 24.3 Å². The molecular weight excluding hydrogens is 338 g/mol. The van der Waals surface area contributed by atoms with Crippen molar-refractivity contribution in [1.29, 1.82) is 0 Å². The summed E-state index contributed by atoms with van der Waals surface area (Å²) in [4.78, 5) is 29.4. The van der Waals surface area contributed by atoms with E-state index < -0.39 is 0 Å². The van der Waals surface area contributed by atoms with Crippen LogP contribution in [0.3, 0.4) is 0 Å². The highest BCUT2D eigenvalue weighted by Gasteiger charge is 2.36. The molecule has 1 N–H and O–H groups in total. The average Bonchev–Trinajstić information content (AvgIpc) is 3.06. The number of carbonyl (C=O) groups excluding carboxylic acids is 2. The van der Waals surface area contributed by atoms with Crippen LogP contribution in [0.5, 0.6) is 0 Å². The molecule has 0 bridgehead atoms. The zero-order valence-electron chi connectivity index (χ0n) is 16.7. The number of nitrogens with one attached hydrogen (secondary N) is 1. The Morgan fingerprint density at radius 2 is 1.93 bits per heavy atom. The number of benzene rings is 1. The number of likely N-dealkylation sites (tertiary alicyclic amines) is 2. The van der Waals surface area contributed by atoms with Crippen LogP contribution in [0.4, 0.5) is 5.69 Å². The molecule has 3 rings (SSSR count). The Morgan fingerprint density at radius 3 is 2.63 bits per heavy atom. The zero-order chi connectivity index (χ0) is 19.2. The Morgan fingerprint density at radius 1 is 1.19 bits per heavy atom. The molecule has 2 heterocycles. The van der Waals surface area contributed by atoms with Crippen molar-refractivity contribution in [3.8, 4) is 0 Å². The van der Waals surface area contributed by atoms with Gasteiger partial charge in [0.1, 0.15) is 0 Å². The van der Waals surface area contributed by atoms with Gasteiger partial charge in [0, 0.05) is 31.2 Å². The predicted molar refractivity (Wildman–Crippen MR) is 108 cm³/mol. The number of nitrogens with zero attached hydrogens (tertiary/aromatic N) is 2. The van der Waals surface area contributed by atoms with Crippen molar-refractivity contribution < 1.29 is 9.59 Å². The van der Waals surface area contributed by atoms with Crippen molar-refractivity contribution in [2.75, 3.05) is 25.0 Å². The number of carbonyl (C=O) groups is 2. The molecule has 1 aromatic rings. The molecule has 0 saturated carbocycles. The summed E-state index contributed by atoms with van der Waals surface area (Å²) in [6, 6.07) is 8.39. The number of amides is 2. The standard InChI is InChI=1S/C22H33N3O2/c1-3-20(4-2)25-16-18(14-21(25)26)22(27)23-19-10-8-9-17(13-19)15-24-11-6-5-7-12-24/h8-10,13,18,20H,3-7,11-12,14-16H2,1-2H3,(H,23,27). The van der Waals surface area contributed by atoms with Gasteiger partial charge in [0.05, 0.1) is 5.92 Å².